The highest BCUT2D eigenvalue weighted by Crippen LogP contribution is 2.20. The summed E-state index contributed by atoms with van der Waals surface area (Å²) in [6.45, 7) is 6.76. The molecule has 4 heterocycles. The number of nitrogens with zero attached hydrogens (tertiary/aromatic N) is 5. The lowest BCUT2D eigenvalue weighted by Gasteiger charge is -2.43. The molecule has 1 amide bonds. The third kappa shape index (κ3) is 3.84. The SMILES string of the molecule is Cc1cc(C)n(Cc2ccc(C(=O)N3CC(N(C)Cc4cccnc4)C3)o2)n1. The molecular formula is C21H25N5O2. The van der Waals surface area contributed by atoms with Crippen molar-refractivity contribution in [3.63, 3.8) is 0 Å². The van der Waals surface area contributed by atoms with Crippen molar-refractivity contribution in [2.75, 3.05) is 20.1 Å². The number of hydrogen-bond acceptors (Lipinski definition) is 5. The zero-order chi connectivity index (χ0) is 19.7. The number of carbonyl (C=O) groups excluding carboxylic acids is 1. The van der Waals surface area contributed by atoms with Gasteiger partial charge < -0.3 is 9.32 Å². The lowest BCUT2D eigenvalue weighted by Crippen LogP contribution is -2.59. The lowest BCUT2D eigenvalue weighted by atomic mass is 10.1. The molecular weight excluding hydrogens is 354 g/mol. The Labute approximate surface area is 164 Å². The number of likely N-dealkylation sites (N-methyl/N-ethyl adjacent to an activating group) is 1. The minimum atomic E-state index is -0.0503. The van der Waals surface area contributed by atoms with Crippen molar-refractivity contribution >= 4 is 5.91 Å². The predicted octanol–water partition coefficient (Wildman–Crippen LogP) is 2.49. The maximum atomic E-state index is 12.7. The number of aromatic nitrogens is 3. The molecule has 1 aliphatic rings. The molecule has 3 aromatic heterocycles. The van der Waals surface area contributed by atoms with Gasteiger partial charge in [-0.2, -0.15) is 5.10 Å². The fourth-order valence-corrected chi connectivity index (χ4v) is 3.52. The van der Waals surface area contributed by atoms with Crippen LogP contribution >= 0.6 is 0 Å². The molecule has 0 spiro atoms. The molecule has 1 aliphatic heterocycles. The van der Waals surface area contributed by atoms with Crippen molar-refractivity contribution in [1.29, 1.82) is 0 Å². The zero-order valence-electron chi connectivity index (χ0n) is 16.5. The third-order valence-electron chi connectivity index (χ3n) is 5.21. The Morgan fingerprint density at radius 1 is 1.29 bits per heavy atom. The number of hydrogen-bond donors (Lipinski definition) is 0. The number of likely N-dealkylation sites (tertiary alicyclic amines) is 1. The van der Waals surface area contributed by atoms with Crippen LogP contribution in [0.2, 0.25) is 0 Å². The monoisotopic (exact) mass is 379 g/mol. The van der Waals surface area contributed by atoms with Gasteiger partial charge in [0.25, 0.3) is 5.91 Å². The maximum Gasteiger partial charge on any atom is 0.289 e. The standard InChI is InChI=1S/C21H25N5O2/c1-15-9-16(2)26(23-15)14-19-6-7-20(28-19)21(27)25-12-18(13-25)24(3)11-17-5-4-8-22-10-17/h4-10,18H,11-14H2,1-3H3. The Kier molecular flexibility index (Phi) is 5.00. The summed E-state index contributed by atoms with van der Waals surface area (Å²) in [5.74, 6) is 1.08. The summed E-state index contributed by atoms with van der Waals surface area (Å²) in [5, 5.41) is 4.44. The fourth-order valence-electron chi connectivity index (χ4n) is 3.52. The average Bonchev–Trinajstić information content (AvgIpc) is 3.21. The molecule has 1 saturated heterocycles. The minimum absolute atomic E-state index is 0.0503. The first-order valence-electron chi connectivity index (χ1n) is 9.48. The molecule has 3 aromatic rings. The Morgan fingerprint density at radius 3 is 2.79 bits per heavy atom. The van der Waals surface area contributed by atoms with Crippen molar-refractivity contribution in [2.24, 2.45) is 0 Å². The highest BCUT2D eigenvalue weighted by Gasteiger charge is 2.34. The van der Waals surface area contributed by atoms with Crippen LogP contribution in [-0.2, 0) is 13.1 Å². The van der Waals surface area contributed by atoms with Crippen molar-refractivity contribution in [3.8, 4) is 0 Å². The van der Waals surface area contributed by atoms with Gasteiger partial charge in [0, 0.05) is 43.8 Å². The number of aryl methyl sites for hydroxylation is 2. The second kappa shape index (κ2) is 7.59. The molecule has 0 unspecified atom stereocenters. The van der Waals surface area contributed by atoms with Gasteiger partial charge in [0.15, 0.2) is 5.76 Å². The summed E-state index contributed by atoms with van der Waals surface area (Å²) < 4.78 is 7.67. The molecule has 0 aromatic carbocycles. The largest absolute Gasteiger partial charge is 0.454 e. The van der Waals surface area contributed by atoms with Gasteiger partial charge in [0.1, 0.15) is 5.76 Å². The highest BCUT2D eigenvalue weighted by atomic mass is 16.4. The van der Waals surface area contributed by atoms with E-state index in [9.17, 15) is 4.79 Å². The van der Waals surface area contributed by atoms with E-state index in [-0.39, 0.29) is 5.91 Å². The van der Waals surface area contributed by atoms with Gasteiger partial charge in [-0.15, -0.1) is 0 Å². The molecule has 0 radical (unpaired) electrons. The van der Waals surface area contributed by atoms with Crippen LogP contribution < -0.4 is 0 Å². The quantitative estimate of drug-likeness (QED) is 0.658. The molecule has 0 saturated carbocycles. The van der Waals surface area contributed by atoms with E-state index in [4.69, 9.17) is 4.42 Å². The normalized spacial score (nSPS) is 14.5. The van der Waals surface area contributed by atoms with Crippen LogP contribution in [0.4, 0.5) is 0 Å². The van der Waals surface area contributed by atoms with Crippen LogP contribution in [0.1, 0.15) is 33.3 Å². The summed E-state index contributed by atoms with van der Waals surface area (Å²) >= 11 is 0. The number of rotatable bonds is 6. The van der Waals surface area contributed by atoms with Gasteiger partial charge in [-0.3, -0.25) is 19.4 Å². The molecule has 7 heteroatoms. The number of carbonyl (C=O) groups is 1. The van der Waals surface area contributed by atoms with Crippen LogP contribution in [0.3, 0.4) is 0 Å². The Morgan fingerprint density at radius 2 is 2.11 bits per heavy atom. The first kappa shape index (κ1) is 18.4. The van der Waals surface area contributed by atoms with Crippen molar-refractivity contribution in [2.45, 2.75) is 33.0 Å². The summed E-state index contributed by atoms with van der Waals surface area (Å²) in [5.41, 5.74) is 3.22. The predicted molar refractivity (Wildman–Crippen MR) is 105 cm³/mol. The maximum absolute atomic E-state index is 12.7. The second-order valence-corrected chi connectivity index (χ2v) is 7.49. The van der Waals surface area contributed by atoms with Gasteiger partial charge in [0.2, 0.25) is 0 Å². The summed E-state index contributed by atoms with van der Waals surface area (Å²) in [7, 11) is 2.08. The van der Waals surface area contributed by atoms with E-state index in [0.717, 1.165) is 23.7 Å². The smallest absolute Gasteiger partial charge is 0.289 e. The van der Waals surface area contributed by atoms with Crippen molar-refractivity contribution < 1.29 is 9.21 Å². The molecule has 0 N–H and O–H groups in total. The highest BCUT2D eigenvalue weighted by molar-refractivity contribution is 5.92. The fraction of sp³-hybridized carbons (Fsp3) is 0.381. The Balaban J connectivity index is 1.31. The van der Waals surface area contributed by atoms with Gasteiger partial charge in [0.05, 0.1) is 12.2 Å². The summed E-state index contributed by atoms with van der Waals surface area (Å²) in [4.78, 5) is 20.9. The van der Waals surface area contributed by atoms with E-state index in [1.807, 2.05) is 47.8 Å². The third-order valence-corrected chi connectivity index (χ3v) is 5.21. The van der Waals surface area contributed by atoms with Crippen LogP contribution in [0.5, 0.6) is 0 Å². The number of pyridine rings is 1. The summed E-state index contributed by atoms with van der Waals surface area (Å²) in [6.07, 6.45) is 3.66. The van der Waals surface area contributed by atoms with E-state index in [0.29, 0.717) is 31.4 Å². The van der Waals surface area contributed by atoms with Gasteiger partial charge in [-0.25, -0.2) is 0 Å². The molecule has 0 bridgehead atoms. The average molecular weight is 379 g/mol. The molecule has 7 nitrogen and oxygen atoms in total. The van der Waals surface area contributed by atoms with Crippen LogP contribution in [0.25, 0.3) is 0 Å². The van der Waals surface area contributed by atoms with Crippen molar-refractivity contribution in [1.82, 2.24) is 24.6 Å². The molecule has 146 valence electrons. The van der Waals surface area contributed by atoms with Crippen LogP contribution in [0, 0.1) is 13.8 Å². The van der Waals surface area contributed by atoms with E-state index in [1.54, 1.807) is 12.3 Å². The van der Waals surface area contributed by atoms with Gasteiger partial charge >= 0.3 is 0 Å². The van der Waals surface area contributed by atoms with Gasteiger partial charge in [-0.05, 0) is 50.7 Å². The molecule has 0 aliphatic carbocycles. The van der Waals surface area contributed by atoms with Gasteiger partial charge in [-0.1, -0.05) is 6.07 Å². The van der Waals surface area contributed by atoms with E-state index >= 15 is 0 Å². The molecule has 1 fully saturated rings. The second-order valence-electron chi connectivity index (χ2n) is 7.49. The molecule has 0 atom stereocenters. The Hall–Kier alpha value is -2.93. The molecule has 4 rings (SSSR count). The first-order chi connectivity index (χ1) is 13.5. The van der Waals surface area contributed by atoms with Crippen molar-refractivity contribution in [3.05, 3.63) is 71.2 Å². The number of furan rings is 1. The summed E-state index contributed by atoms with van der Waals surface area (Å²) in [6, 6.07) is 10.0. The lowest BCUT2D eigenvalue weighted by molar-refractivity contribution is 0.0293. The number of amides is 1. The first-order valence-corrected chi connectivity index (χ1v) is 9.48. The van der Waals surface area contributed by atoms with E-state index in [1.165, 1.54) is 5.56 Å². The topological polar surface area (TPSA) is 67.4 Å². The van der Waals surface area contributed by atoms with Crippen LogP contribution in [0.15, 0.2) is 47.1 Å². The Bertz CT molecular complexity index is 956. The molecule has 28 heavy (non-hydrogen) atoms. The van der Waals surface area contributed by atoms with E-state index in [2.05, 4.69) is 28.1 Å². The zero-order valence-corrected chi connectivity index (χ0v) is 16.5. The minimum Gasteiger partial charge on any atom is -0.454 e. The van der Waals surface area contributed by atoms with Crippen LogP contribution in [-0.4, -0.2) is 56.7 Å². The van der Waals surface area contributed by atoms with E-state index < -0.39 is 0 Å².